The van der Waals surface area contributed by atoms with Crippen molar-refractivity contribution < 1.29 is 86.2 Å². The highest BCUT2D eigenvalue weighted by molar-refractivity contribution is 5.79. The van der Waals surface area contributed by atoms with Crippen LogP contribution in [0.3, 0.4) is 0 Å². The highest BCUT2D eigenvalue weighted by Gasteiger charge is 2.18. The van der Waals surface area contributed by atoms with Crippen molar-refractivity contribution in [1.29, 1.82) is 0 Å². The zero-order chi connectivity index (χ0) is 70.4. The summed E-state index contributed by atoms with van der Waals surface area (Å²) in [6, 6.07) is 0. The molecule has 10 amide bonds. The van der Waals surface area contributed by atoms with Crippen molar-refractivity contribution in [2.24, 2.45) is 23.6 Å². The Morgan fingerprint density at radius 1 is 0.219 bits per heavy atom. The molecule has 0 heterocycles. The third kappa shape index (κ3) is 62.7. The molecule has 0 aromatic rings. The molecule has 16 N–H and O–H groups in total. The molecule has 96 heavy (non-hydrogen) atoms. The lowest BCUT2D eigenvalue weighted by molar-refractivity contribution is -0.122. The summed E-state index contributed by atoms with van der Waals surface area (Å²) in [5.41, 5.74) is 0. The fourth-order valence-electron chi connectivity index (χ4n) is 9.35. The van der Waals surface area contributed by atoms with E-state index in [9.17, 15) is 47.9 Å². The normalized spacial score (nSPS) is 10.9. The molecule has 0 unspecified atom stereocenters. The maximum atomic E-state index is 13.3. The molecule has 0 aliphatic carbocycles. The Morgan fingerprint density at radius 2 is 0.406 bits per heavy atom. The van der Waals surface area contributed by atoms with Gasteiger partial charge in [0.15, 0.2) is 0 Å². The SMILES string of the molecule is NOCCCCCC(=O)NCCCCCC(=O)NCCN(CCNC(=O)CCCCCNC(=O)CCCCCON)C(=O)OCCOCCOCCOC(=O)N(CCNC(=O)CCCCCNC(=O)CCCCCON)CCNC(=O)CCCCCNC(=O)CCCCCON. The molecule has 558 valence electrons. The van der Waals surface area contributed by atoms with E-state index < -0.39 is 12.2 Å². The van der Waals surface area contributed by atoms with E-state index in [1.165, 1.54) is 9.80 Å². The quantitative estimate of drug-likeness (QED) is 0.0308. The van der Waals surface area contributed by atoms with E-state index in [0.29, 0.717) is 104 Å². The molecule has 0 aromatic heterocycles. The Balaban J connectivity index is 5.04. The maximum absolute atomic E-state index is 13.3. The predicted octanol–water partition coefficient (Wildman–Crippen LogP) is 2.87. The first-order valence-corrected chi connectivity index (χ1v) is 35.1. The van der Waals surface area contributed by atoms with Crippen LogP contribution in [0.4, 0.5) is 9.59 Å². The Hall–Kier alpha value is -6.10. The highest BCUT2D eigenvalue weighted by Crippen LogP contribution is 2.07. The van der Waals surface area contributed by atoms with E-state index in [-0.39, 0.29) is 165 Å². The fraction of sp³-hybridized carbons (Fsp3) is 0.844. The summed E-state index contributed by atoms with van der Waals surface area (Å²) >= 11 is 0. The number of hydrogen-bond acceptors (Lipinski definition) is 22. The molecule has 32 heteroatoms. The second-order valence-corrected chi connectivity index (χ2v) is 23.2. The van der Waals surface area contributed by atoms with Gasteiger partial charge in [0, 0.05) is 130 Å². The van der Waals surface area contributed by atoms with E-state index in [1.54, 1.807) is 0 Å². The Kier molecular flexibility index (Phi) is 64.5. The molecule has 0 atom stereocenters. The van der Waals surface area contributed by atoms with Gasteiger partial charge in [-0.1, -0.05) is 51.4 Å². The van der Waals surface area contributed by atoms with Gasteiger partial charge in [-0.15, -0.1) is 0 Å². The van der Waals surface area contributed by atoms with E-state index in [0.717, 1.165) is 128 Å². The second kappa shape index (κ2) is 68.8. The van der Waals surface area contributed by atoms with Crippen LogP contribution in [0.5, 0.6) is 0 Å². The predicted molar refractivity (Wildman–Crippen MR) is 360 cm³/mol. The van der Waals surface area contributed by atoms with Crippen LogP contribution >= 0.6 is 0 Å². The van der Waals surface area contributed by atoms with Crippen LogP contribution in [-0.4, -0.2) is 214 Å². The number of ether oxygens (including phenoxy) is 4. The zero-order valence-electron chi connectivity index (χ0n) is 57.7. The standard InChI is InChI=1S/C64H124N14O18/c65-93-45-21-5-13-29-55(79)69-33-17-1-9-25-59(83)73-37-41-77(42-38-74-60(84)26-10-2-18-34-70-56(80)30-14-6-22-46-94-66)63(87)91-53-51-89-49-50-90-52-54-92-64(88)78(43-39-75-61(85)27-11-3-19-35-71-57(81)31-15-7-23-47-95-67)44-40-76-62(86)28-12-4-20-36-72-58(82)32-16-8-24-48-96-68/h1-54,65-68H2,(H,69,79)(H,70,80)(H,71,81)(H,72,82)(H,73,83)(H,74,84)(H,75,85)(H,76,86). The van der Waals surface area contributed by atoms with Gasteiger partial charge < -0.3 is 90.6 Å². The van der Waals surface area contributed by atoms with Crippen molar-refractivity contribution in [3.63, 3.8) is 0 Å². The van der Waals surface area contributed by atoms with Gasteiger partial charge in [0.25, 0.3) is 0 Å². The minimum absolute atomic E-state index is 0.0122. The summed E-state index contributed by atoms with van der Waals surface area (Å²) in [7, 11) is 0. The molecule has 0 radical (unpaired) electrons. The summed E-state index contributed by atoms with van der Waals surface area (Å²) in [5, 5.41) is 23.0. The molecule has 0 fully saturated rings. The summed E-state index contributed by atoms with van der Waals surface area (Å²) in [5.74, 6) is 19.3. The average Bonchev–Trinajstić information content (AvgIpc) is 3.69. The van der Waals surface area contributed by atoms with Crippen LogP contribution < -0.4 is 66.1 Å². The number of hydrogen-bond donors (Lipinski definition) is 12. The fourth-order valence-corrected chi connectivity index (χ4v) is 9.35. The Morgan fingerprint density at radius 3 is 0.615 bits per heavy atom. The number of carbonyl (C=O) groups is 10. The van der Waals surface area contributed by atoms with Crippen LogP contribution in [-0.2, 0) is 76.7 Å². The first-order chi connectivity index (χ1) is 46.8. The molecule has 0 rings (SSSR count). The van der Waals surface area contributed by atoms with E-state index >= 15 is 0 Å². The third-order valence-corrected chi connectivity index (χ3v) is 14.9. The zero-order valence-corrected chi connectivity index (χ0v) is 57.7. The number of amides is 10. The monoisotopic (exact) mass is 1380 g/mol. The number of unbranched alkanes of at least 4 members (excludes halogenated alkanes) is 16. The summed E-state index contributed by atoms with van der Waals surface area (Å²) < 4.78 is 22.2. The molecule has 0 saturated carbocycles. The molecular formula is C64H124N14O18. The molecule has 32 nitrogen and oxygen atoms in total. The summed E-state index contributed by atoms with van der Waals surface area (Å²) in [4.78, 5) is 146. The van der Waals surface area contributed by atoms with Crippen LogP contribution in [0.15, 0.2) is 0 Å². The van der Waals surface area contributed by atoms with Crippen molar-refractivity contribution in [2.75, 3.05) is 145 Å². The first kappa shape index (κ1) is 89.9. The lowest BCUT2D eigenvalue weighted by atomic mass is 10.1. The van der Waals surface area contributed by atoms with Crippen molar-refractivity contribution >= 4 is 59.4 Å². The summed E-state index contributed by atoms with van der Waals surface area (Å²) in [6.45, 7) is 5.16. The van der Waals surface area contributed by atoms with Gasteiger partial charge in [-0.25, -0.2) is 33.2 Å². The molecule has 0 bridgehead atoms. The second-order valence-electron chi connectivity index (χ2n) is 23.2. The van der Waals surface area contributed by atoms with Gasteiger partial charge in [0.05, 0.1) is 52.9 Å². The summed E-state index contributed by atoms with van der Waals surface area (Å²) in [6.07, 6.45) is 19.5. The van der Waals surface area contributed by atoms with Crippen LogP contribution in [0.25, 0.3) is 0 Å². The van der Waals surface area contributed by atoms with Crippen LogP contribution in [0.1, 0.15) is 205 Å². The van der Waals surface area contributed by atoms with Crippen LogP contribution in [0.2, 0.25) is 0 Å². The van der Waals surface area contributed by atoms with Gasteiger partial charge >= 0.3 is 12.2 Å². The third-order valence-electron chi connectivity index (χ3n) is 14.9. The van der Waals surface area contributed by atoms with Crippen molar-refractivity contribution in [1.82, 2.24) is 52.3 Å². The number of rotatable bonds is 69. The lowest BCUT2D eigenvalue weighted by Gasteiger charge is -2.23. The van der Waals surface area contributed by atoms with E-state index in [4.69, 9.17) is 42.5 Å². The minimum atomic E-state index is -0.663. The topological polar surface area (TPSA) is 451 Å². The average molecular weight is 1380 g/mol. The molecule has 0 aliphatic rings. The smallest absolute Gasteiger partial charge is 0.409 e. The highest BCUT2D eigenvalue weighted by atomic mass is 16.6. The first-order valence-electron chi connectivity index (χ1n) is 35.1. The van der Waals surface area contributed by atoms with Crippen molar-refractivity contribution in [3.8, 4) is 0 Å². The molecule has 0 spiro atoms. The van der Waals surface area contributed by atoms with Crippen molar-refractivity contribution in [3.05, 3.63) is 0 Å². The number of carbonyl (C=O) groups excluding carboxylic acids is 10. The van der Waals surface area contributed by atoms with E-state index in [2.05, 4.69) is 61.9 Å². The number of nitrogens with two attached hydrogens (primary N) is 4. The molecular weight excluding hydrogens is 1250 g/mol. The van der Waals surface area contributed by atoms with E-state index in [1.807, 2.05) is 0 Å². The minimum Gasteiger partial charge on any atom is -0.447 e. The van der Waals surface area contributed by atoms with Gasteiger partial charge in [0.1, 0.15) is 13.2 Å². The lowest BCUT2D eigenvalue weighted by Crippen LogP contribution is -2.43. The van der Waals surface area contributed by atoms with Gasteiger partial charge in [-0.3, -0.25) is 38.4 Å². The molecule has 0 saturated heterocycles. The molecule has 0 aromatic carbocycles. The van der Waals surface area contributed by atoms with Gasteiger partial charge in [0.2, 0.25) is 47.3 Å². The largest absolute Gasteiger partial charge is 0.447 e. The maximum Gasteiger partial charge on any atom is 0.409 e. The molecule has 0 aliphatic heterocycles. The number of nitrogens with zero attached hydrogens (tertiary/aromatic N) is 2. The van der Waals surface area contributed by atoms with Gasteiger partial charge in [-0.05, 0) is 103 Å². The Labute approximate surface area is 569 Å². The van der Waals surface area contributed by atoms with Crippen LogP contribution in [0, 0.1) is 0 Å². The Bertz CT molecular complexity index is 1760. The number of nitrogens with one attached hydrogen (secondary N) is 8. The van der Waals surface area contributed by atoms with Gasteiger partial charge in [-0.2, -0.15) is 0 Å². The van der Waals surface area contributed by atoms with Crippen molar-refractivity contribution in [2.45, 2.75) is 205 Å².